The van der Waals surface area contributed by atoms with E-state index in [-0.39, 0.29) is 49.6 Å². The molecule has 0 bridgehead atoms. The first-order valence-electron chi connectivity index (χ1n) is 13.5. The van der Waals surface area contributed by atoms with Crippen LogP contribution < -0.4 is 5.32 Å². The molecular weight excluding hydrogens is 494 g/mol. The summed E-state index contributed by atoms with van der Waals surface area (Å²) >= 11 is 0. The van der Waals surface area contributed by atoms with E-state index in [9.17, 15) is 14.4 Å². The summed E-state index contributed by atoms with van der Waals surface area (Å²) in [4.78, 5) is 45.8. The van der Waals surface area contributed by atoms with Crippen molar-refractivity contribution in [3.8, 4) is 0 Å². The number of methoxy groups -OCH3 is 1. The second kappa shape index (κ2) is 13.5. The zero-order valence-electron chi connectivity index (χ0n) is 22.7. The lowest BCUT2D eigenvalue weighted by Gasteiger charge is -2.40. The molecule has 3 aliphatic heterocycles. The molecule has 4 rings (SSSR count). The number of carbonyl (C=O) groups is 3. The molecule has 4 heterocycles. The number of piperidine rings is 1. The van der Waals surface area contributed by atoms with Gasteiger partial charge in [-0.25, -0.2) is 4.68 Å². The largest absolute Gasteiger partial charge is 0.378 e. The quantitative estimate of drug-likeness (QED) is 0.527. The highest BCUT2D eigenvalue weighted by molar-refractivity contribution is 5.91. The Kier molecular flexibility index (Phi) is 10.1. The van der Waals surface area contributed by atoms with Crippen molar-refractivity contribution >= 4 is 17.7 Å². The second-order valence-corrected chi connectivity index (χ2v) is 10.4. The number of nitrogens with one attached hydrogen (secondary N) is 1. The number of rotatable bonds is 5. The van der Waals surface area contributed by atoms with Crippen LogP contribution in [0.25, 0.3) is 0 Å². The Labute approximate surface area is 223 Å². The van der Waals surface area contributed by atoms with Crippen LogP contribution >= 0.6 is 0 Å². The van der Waals surface area contributed by atoms with Crippen LogP contribution in [0, 0.1) is 0 Å². The Morgan fingerprint density at radius 1 is 1.05 bits per heavy atom. The molecule has 3 aliphatic rings. The van der Waals surface area contributed by atoms with Crippen LogP contribution in [0.3, 0.4) is 0 Å². The molecule has 1 N–H and O–H groups in total. The van der Waals surface area contributed by atoms with Crippen molar-refractivity contribution in [3.63, 3.8) is 0 Å². The number of fused-ring (bicyclic) bond motifs is 1. The van der Waals surface area contributed by atoms with E-state index in [1.807, 2.05) is 0 Å². The van der Waals surface area contributed by atoms with Gasteiger partial charge in [-0.15, -0.1) is 5.10 Å². The Morgan fingerprint density at radius 3 is 2.55 bits per heavy atom. The average molecular weight is 536 g/mol. The zero-order chi connectivity index (χ0) is 27.1. The summed E-state index contributed by atoms with van der Waals surface area (Å²) in [5, 5.41) is 11.2. The maximum Gasteiger partial charge on any atom is 0.249 e. The Morgan fingerprint density at radius 2 is 1.82 bits per heavy atom. The molecule has 0 saturated carbocycles. The lowest BCUT2D eigenvalue weighted by atomic mass is 10.0. The van der Waals surface area contributed by atoms with E-state index in [4.69, 9.17) is 14.2 Å². The first kappa shape index (κ1) is 28.4. The van der Waals surface area contributed by atoms with Crippen LogP contribution in [0.5, 0.6) is 0 Å². The van der Waals surface area contributed by atoms with Crippen molar-refractivity contribution < 1.29 is 28.6 Å². The normalized spacial score (nSPS) is 25.8. The topological polar surface area (TPSA) is 131 Å². The van der Waals surface area contributed by atoms with Crippen LogP contribution in [0.4, 0.5) is 0 Å². The molecule has 0 aromatic carbocycles. The van der Waals surface area contributed by atoms with Crippen molar-refractivity contribution in [2.75, 3.05) is 66.3 Å². The third kappa shape index (κ3) is 7.07. The Hall–Kier alpha value is -2.61. The van der Waals surface area contributed by atoms with Crippen LogP contribution in [-0.4, -0.2) is 132 Å². The van der Waals surface area contributed by atoms with Gasteiger partial charge in [0.2, 0.25) is 17.7 Å². The van der Waals surface area contributed by atoms with Gasteiger partial charge in [0, 0.05) is 51.8 Å². The van der Waals surface area contributed by atoms with Crippen LogP contribution in [0.15, 0.2) is 6.20 Å². The van der Waals surface area contributed by atoms with Crippen molar-refractivity contribution in [1.82, 2.24) is 35.0 Å². The molecule has 0 spiro atoms. The molecule has 13 heteroatoms. The molecule has 0 radical (unpaired) electrons. The summed E-state index contributed by atoms with van der Waals surface area (Å²) in [6.45, 7) is 7.72. The minimum atomic E-state index is -0.677. The van der Waals surface area contributed by atoms with E-state index < -0.39 is 6.04 Å². The molecule has 3 saturated heterocycles. The predicted molar refractivity (Wildman–Crippen MR) is 136 cm³/mol. The maximum atomic E-state index is 13.7. The molecule has 13 nitrogen and oxygen atoms in total. The fourth-order valence-electron chi connectivity index (χ4n) is 5.43. The predicted octanol–water partition coefficient (Wildman–Crippen LogP) is -0.569. The van der Waals surface area contributed by atoms with Gasteiger partial charge in [-0.3, -0.25) is 14.4 Å². The van der Waals surface area contributed by atoms with Crippen LogP contribution in [0.1, 0.15) is 44.8 Å². The number of aromatic nitrogens is 3. The average Bonchev–Trinajstić information content (AvgIpc) is 3.56. The lowest BCUT2D eigenvalue weighted by Crippen LogP contribution is -2.54. The smallest absolute Gasteiger partial charge is 0.249 e. The van der Waals surface area contributed by atoms with Gasteiger partial charge in [0.25, 0.3) is 0 Å². The van der Waals surface area contributed by atoms with Crippen molar-refractivity contribution in [2.24, 2.45) is 0 Å². The van der Waals surface area contributed by atoms with Gasteiger partial charge in [0.05, 0.1) is 38.7 Å². The maximum absolute atomic E-state index is 13.7. The van der Waals surface area contributed by atoms with Gasteiger partial charge in [0.15, 0.2) is 0 Å². The first-order valence-corrected chi connectivity index (χ1v) is 13.5. The number of amides is 3. The van der Waals surface area contributed by atoms with E-state index in [1.54, 1.807) is 27.8 Å². The molecule has 3 amide bonds. The van der Waals surface area contributed by atoms with E-state index >= 15 is 0 Å². The van der Waals surface area contributed by atoms with Crippen molar-refractivity contribution in [2.45, 2.75) is 63.9 Å². The van der Waals surface area contributed by atoms with Gasteiger partial charge in [-0.05, 0) is 26.7 Å². The molecule has 1 aromatic heterocycles. The Bertz CT molecular complexity index is 948. The summed E-state index contributed by atoms with van der Waals surface area (Å²) in [6.07, 6.45) is 3.76. The fourth-order valence-corrected chi connectivity index (χ4v) is 5.43. The summed E-state index contributed by atoms with van der Waals surface area (Å²) < 4.78 is 17.9. The molecule has 2 atom stereocenters. The third-order valence-corrected chi connectivity index (χ3v) is 7.57. The number of likely N-dealkylation sites (tertiary alicyclic amines) is 1. The van der Waals surface area contributed by atoms with Gasteiger partial charge >= 0.3 is 0 Å². The number of carbonyl (C=O) groups excluding carboxylic acids is 3. The molecular formula is C25H41N7O6. The number of nitrogens with zero attached hydrogens (tertiary/aromatic N) is 6. The highest BCUT2D eigenvalue weighted by atomic mass is 16.5. The standard InChI is InChI=1S/C25H41N7O6/c1-18(2)29-7-4-20(5-8-29)30-15-23(33)31-14-21(32-13-19(16-36-3)27-28-32)12-22(31)25(35)26-6-9-37-10-11-38-17-24(30)34/h13,18,20-22H,4-12,14-17H2,1-3H3,(H,26,35)/t21-,22-/m0/s1. The lowest BCUT2D eigenvalue weighted by molar-refractivity contribution is -0.148. The first-order chi connectivity index (χ1) is 18.4. The SMILES string of the molecule is COCc1cn([C@H]2C[C@H]3C(=O)NCCOCCOCC(=O)N(C4CCN(C(C)C)CC4)CC(=O)N3C2)nn1. The van der Waals surface area contributed by atoms with E-state index in [0.29, 0.717) is 51.1 Å². The number of hydrogen-bond acceptors (Lipinski definition) is 9. The molecule has 3 fully saturated rings. The Balaban J connectivity index is 1.53. The summed E-state index contributed by atoms with van der Waals surface area (Å²) in [6, 6.07) is -0.524. The fraction of sp³-hybridized carbons (Fsp3) is 0.800. The van der Waals surface area contributed by atoms with E-state index in [1.165, 1.54) is 0 Å². The zero-order valence-corrected chi connectivity index (χ0v) is 22.7. The van der Waals surface area contributed by atoms with Gasteiger partial charge < -0.3 is 34.2 Å². The summed E-state index contributed by atoms with van der Waals surface area (Å²) in [7, 11) is 1.59. The monoisotopic (exact) mass is 535 g/mol. The number of ether oxygens (including phenoxy) is 3. The van der Waals surface area contributed by atoms with Gasteiger partial charge in [-0.1, -0.05) is 5.21 Å². The third-order valence-electron chi connectivity index (χ3n) is 7.57. The van der Waals surface area contributed by atoms with Crippen LogP contribution in [0.2, 0.25) is 0 Å². The van der Waals surface area contributed by atoms with E-state index in [2.05, 4.69) is 34.4 Å². The van der Waals surface area contributed by atoms with Crippen LogP contribution in [-0.2, 0) is 35.2 Å². The van der Waals surface area contributed by atoms with Crippen molar-refractivity contribution in [1.29, 1.82) is 0 Å². The molecule has 38 heavy (non-hydrogen) atoms. The minimum absolute atomic E-state index is 0.0606. The highest BCUT2D eigenvalue weighted by Crippen LogP contribution is 2.28. The molecule has 0 aliphatic carbocycles. The van der Waals surface area contributed by atoms with Gasteiger partial charge in [-0.2, -0.15) is 0 Å². The molecule has 0 unspecified atom stereocenters. The summed E-state index contributed by atoms with van der Waals surface area (Å²) in [5.74, 6) is -0.708. The highest BCUT2D eigenvalue weighted by Gasteiger charge is 2.42. The van der Waals surface area contributed by atoms with E-state index in [0.717, 1.165) is 25.9 Å². The van der Waals surface area contributed by atoms with Crippen molar-refractivity contribution in [3.05, 3.63) is 11.9 Å². The number of hydrogen-bond donors (Lipinski definition) is 1. The minimum Gasteiger partial charge on any atom is -0.378 e. The van der Waals surface area contributed by atoms with Gasteiger partial charge in [0.1, 0.15) is 24.9 Å². The molecule has 212 valence electrons. The summed E-state index contributed by atoms with van der Waals surface area (Å²) in [5.41, 5.74) is 0.675. The second-order valence-electron chi connectivity index (χ2n) is 10.4. The molecule has 1 aromatic rings.